The third kappa shape index (κ3) is 1.61. The summed E-state index contributed by atoms with van der Waals surface area (Å²) in [4.78, 5) is 9.98. The van der Waals surface area contributed by atoms with Crippen molar-refractivity contribution in [1.82, 2.24) is 0 Å². The van der Waals surface area contributed by atoms with Crippen molar-refractivity contribution in [2.24, 2.45) is 0 Å². The van der Waals surface area contributed by atoms with Gasteiger partial charge in [-0.1, -0.05) is 12.1 Å². The van der Waals surface area contributed by atoms with E-state index in [9.17, 15) is 10.1 Å². The summed E-state index contributed by atoms with van der Waals surface area (Å²) in [5.74, 6) is 0.380. The Balaban J connectivity index is 2.10. The molecule has 0 bridgehead atoms. The topological polar surface area (TPSA) is 63.4 Å². The molecule has 2 rings (SSSR count). The van der Waals surface area contributed by atoms with Gasteiger partial charge >= 0.3 is 0 Å². The van der Waals surface area contributed by atoms with Crippen LogP contribution in [0.5, 0.6) is 0 Å². The Morgan fingerprint density at radius 2 is 1.86 bits per heavy atom. The molecule has 4 heteroatoms. The van der Waals surface area contributed by atoms with Gasteiger partial charge in [0.2, 0.25) is 0 Å². The Kier molecular flexibility index (Phi) is 2.21. The number of hydrogen-bond donors (Lipinski definition) is 1. The number of nitro benzene ring substituents is 1. The smallest absolute Gasteiger partial charge is 0.269 e. The fourth-order valence-electron chi connectivity index (χ4n) is 1.73. The van der Waals surface area contributed by atoms with E-state index in [4.69, 9.17) is 5.11 Å². The van der Waals surface area contributed by atoms with E-state index in [1.54, 1.807) is 12.1 Å². The number of nitro groups is 1. The Morgan fingerprint density at radius 3 is 2.29 bits per heavy atom. The summed E-state index contributed by atoms with van der Waals surface area (Å²) >= 11 is 0. The van der Waals surface area contributed by atoms with Crippen LogP contribution in [-0.2, 0) is 0 Å². The Bertz CT molecular complexity index is 341. The van der Waals surface area contributed by atoms with Crippen LogP contribution < -0.4 is 0 Å². The van der Waals surface area contributed by atoms with Crippen LogP contribution in [0.4, 0.5) is 5.69 Å². The van der Waals surface area contributed by atoms with Gasteiger partial charge < -0.3 is 5.11 Å². The second-order valence-corrected chi connectivity index (χ2v) is 3.67. The summed E-state index contributed by atoms with van der Waals surface area (Å²) in [6, 6.07) is 6.57. The zero-order valence-corrected chi connectivity index (χ0v) is 7.59. The normalized spacial score (nSPS) is 25.5. The van der Waals surface area contributed by atoms with E-state index in [1.165, 1.54) is 12.1 Å². The van der Waals surface area contributed by atoms with Gasteiger partial charge in [-0.15, -0.1) is 0 Å². The van der Waals surface area contributed by atoms with Gasteiger partial charge in [0.05, 0.1) is 11.0 Å². The van der Waals surface area contributed by atoms with Gasteiger partial charge in [-0.25, -0.2) is 0 Å². The molecule has 4 nitrogen and oxygen atoms in total. The highest BCUT2D eigenvalue weighted by molar-refractivity contribution is 5.35. The molecular weight excluding hydrogens is 182 g/mol. The van der Waals surface area contributed by atoms with Gasteiger partial charge in [-0.2, -0.15) is 0 Å². The van der Waals surface area contributed by atoms with Crippen molar-refractivity contribution in [3.05, 3.63) is 39.9 Å². The lowest BCUT2D eigenvalue weighted by Crippen LogP contribution is -2.26. The fourth-order valence-corrected chi connectivity index (χ4v) is 1.73. The van der Waals surface area contributed by atoms with Crippen LogP contribution in [0.1, 0.15) is 24.3 Å². The largest absolute Gasteiger partial charge is 0.393 e. The standard InChI is InChI=1S/C10H11NO3/c12-10-5-8(6-10)7-1-3-9(4-2-7)11(13)14/h1-4,8,10,12H,5-6H2. The van der Waals surface area contributed by atoms with Crippen LogP contribution in [0.3, 0.4) is 0 Å². The quantitative estimate of drug-likeness (QED) is 0.575. The molecule has 0 heterocycles. The van der Waals surface area contributed by atoms with Crippen LogP contribution in [-0.4, -0.2) is 16.1 Å². The molecule has 74 valence electrons. The number of benzene rings is 1. The lowest BCUT2D eigenvalue weighted by molar-refractivity contribution is -0.384. The SMILES string of the molecule is O=[N+]([O-])c1ccc(C2CC(O)C2)cc1. The third-order valence-electron chi connectivity index (χ3n) is 2.69. The number of nitrogens with zero attached hydrogens (tertiary/aromatic N) is 1. The predicted molar refractivity (Wildman–Crippen MR) is 51.1 cm³/mol. The van der Waals surface area contributed by atoms with E-state index in [2.05, 4.69) is 0 Å². The highest BCUT2D eigenvalue weighted by Crippen LogP contribution is 2.37. The average molecular weight is 193 g/mol. The monoisotopic (exact) mass is 193 g/mol. The van der Waals surface area contributed by atoms with Gasteiger partial charge in [0.25, 0.3) is 5.69 Å². The van der Waals surface area contributed by atoms with Crippen LogP contribution in [0.15, 0.2) is 24.3 Å². The summed E-state index contributed by atoms with van der Waals surface area (Å²) in [5.41, 5.74) is 1.20. The summed E-state index contributed by atoms with van der Waals surface area (Å²) in [7, 11) is 0. The average Bonchev–Trinajstić information content (AvgIpc) is 2.13. The Hall–Kier alpha value is -1.42. The lowest BCUT2D eigenvalue weighted by atomic mass is 9.78. The van der Waals surface area contributed by atoms with Crippen molar-refractivity contribution in [2.45, 2.75) is 24.9 Å². The number of aliphatic hydroxyl groups is 1. The lowest BCUT2D eigenvalue weighted by Gasteiger charge is -2.31. The molecule has 0 unspecified atom stereocenters. The van der Waals surface area contributed by atoms with Crippen molar-refractivity contribution in [3.63, 3.8) is 0 Å². The zero-order valence-electron chi connectivity index (χ0n) is 7.59. The number of hydrogen-bond acceptors (Lipinski definition) is 3. The molecule has 1 aromatic carbocycles. The third-order valence-corrected chi connectivity index (χ3v) is 2.69. The van der Waals surface area contributed by atoms with Gasteiger partial charge in [-0.05, 0) is 24.3 Å². The molecule has 0 aliphatic heterocycles. The van der Waals surface area contributed by atoms with Crippen molar-refractivity contribution < 1.29 is 10.0 Å². The molecule has 0 spiro atoms. The molecule has 14 heavy (non-hydrogen) atoms. The van der Waals surface area contributed by atoms with E-state index in [0.29, 0.717) is 5.92 Å². The maximum Gasteiger partial charge on any atom is 0.269 e. The van der Waals surface area contributed by atoms with Crippen LogP contribution in [0, 0.1) is 10.1 Å². The molecule has 1 aliphatic rings. The van der Waals surface area contributed by atoms with Crippen molar-refractivity contribution in [2.75, 3.05) is 0 Å². The number of aliphatic hydroxyl groups excluding tert-OH is 1. The molecule has 0 saturated heterocycles. The zero-order chi connectivity index (χ0) is 10.1. The molecule has 0 amide bonds. The van der Waals surface area contributed by atoms with Gasteiger partial charge in [0.15, 0.2) is 0 Å². The molecule has 1 fully saturated rings. The molecule has 0 aromatic heterocycles. The second kappa shape index (κ2) is 3.38. The first-order valence-corrected chi connectivity index (χ1v) is 4.59. The van der Waals surface area contributed by atoms with Crippen molar-refractivity contribution in [1.29, 1.82) is 0 Å². The molecule has 1 aromatic rings. The highest BCUT2D eigenvalue weighted by Gasteiger charge is 2.28. The fraction of sp³-hybridized carbons (Fsp3) is 0.400. The molecular formula is C10H11NO3. The predicted octanol–water partition coefficient (Wildman–Crippen LogP) is 1.83. The Morgan fingerprint density at radius 1 is 1.29 bits per heavy atom. The first kappa shape index (κ1) is 9.15. The van der Waals surface area contributed by atoms with E-state index < -0.39 is 4.92 Å². The van der Waals surface area contributed by atoms with E-state index in [1.807, 2.05) is 0 Å². The van der Waals surface area contributed by atoms with Crippen molar-refractivity contribution in [3.8, 4) is 0 Å². The minimum atomic E-state index is -0.403. The van der Waals surface area contributed by atoms with Crippen LogP contribution >= 0.6 is 0 Å². The maximum atomic E-state index is 10.4. The van der Waals surface area contributed by atoms with Crippen LogP contribution in [0.25, 0.3) is 0 Å². The van der Waals surface area contributed by atoms with E-state index in [-0.39, 0.29) is 11.8 Å². The van der Waals surface area contributed by atoms with Crippen LogP contribution in [0.2, 0.25) is 0 Å². The molecule has 1 aliphatic carbocycles. The second-order valence-electron chi connectivity index (χ2n) is 3.67. The van der Waals surface area contributed by atoms with Gasteiger partial charge in [0, 0.05) is 12.1 Å². The first-order valence-electron chi connectivity index (χ1n) is 4.59. The molecule has 0 atom stereocenters. The number of rotatable bonds is 2. The molecule has 1 saturated carbocycles. The minimum absolute atomic E-state index is 0.119. The Labute approximate surface area is 81.3 Å². The first-order chi connectivity index (χ1) is 6.66. The summed E-state index contributed by atoms with van der Waals surface area (Å²) in [5, 5.41) is 19.5. The summed E-state index contributed by atoms with van der Waals surface area (Å²) in [6.07, 6.45) is 1.37. The van der Waals surface area contributed by atoms with Crippen molar-refractivity contribution >= 4 is 5.69 Å². The maximum absolute atomic E-state index is 10.4. The molecule has 0 radical (unpaired) electrons. The van der Waals surface area contributed by atoms with E-state index >= 15 is 0 Å². The van der Waals surface area contributed by atoms with E-state index in [0.717, 1.165) is 18.4 Å². The number of non-ortho nitro benzene ring substituents is 1. The van der Waals surface area contributed by atoms with Gasteiger partial charge in [0.1, 0.15) is 0 Å². The van der Waals surface area contributed by atoms with Gasteiger partial charge in [-0.3, -0.25) is 10.1 Å². The summed E-state index contributed by atoms with van der Waals surface area (Å²) < 4.78 is 0. The highest BCUT2D eigenvalue weighted by atomic mass is 16.6. The minimum Gasteiger partial charge on any atom is -0.393 e. The molecule has 1 N–H and O–H groups in total. The summed E-state index contributed by atoms with van der Waals surface area (Å²) in [6.45, 7) is 0.